The quantitative estimate of drug-likeness (QED) is 0.398. The van der Waals surface area contributed by atoms with Gasteiger partial charge in [0.2, 0.25) is 0 Å². The van der Waals surface area contributed by atoms with Gasteiger partial charge < -0.3 is 0 Å². The monoisotopic (exact) mass is 508 g/mol. The Hall–Kier alpha value is -1.19. The van der Waals surface area contributed by atoms with Crippen LogP contribution in [0.25, 0.3) is 11.1 Å². The Morgan fingerprint density at radius 3 is 1.59 bits per heavy atom. The Bertz CT molecular complexity index is 902. The molecule has 1 unspecified atom stereocenters. The first kappa shape index (κ1) is 27.4. The van der Waals surface area contributed by atoms with E-state index >= 15 is 0 Å². The van der Waals surface area contributed by atoms with Gasteiger partial charge in [0.15, 0.2) is 0 Å². The zero-order valence-corrected chi connectivity index (χ0v) is 25.2. The van der Waals surface area contributed by atoms with Crippen molar-refractivity contribution < 1.29 is 17.4 Å². The average Bonchev–Trinajstić information content (AvgIpc) is 3.02. The van der Waals surface area contributed by atoms with Gasteiger partial charge in [-0.25, -0.2) is 0 Å². The van der Waals surface area contributed by atoms with Crippen LogP contribution < -0.4 is 3.80 Å². The fraction of sp³-hybridized carbons (Fsp3) is 0.484. The second kappa shape index (κ2) is 13.8. The Kier molecular flexibility index (Phi) is 11.1. The fourth-order valence-corrected chi connectivity index (χ4v) is 17.1. The first-order chi connectivity index (χ1) is 16.4. The van der Waals surface area contributed by atoms with E-state index in [0.717, 1.165) is 12.0 Å². The molecule has 2 aliphatic carbocycles. The molecule has 1 N–H and O–H groups in total. The molecule has 0 amide bonds. The molecule has 4 rings (SSSR count). The number of hydrogen-bond acceptors (Lipinski definition) is 1. The third-order valence-electron chi connectivity index (χ3n) is 7.85. The van der Waals surface area contributed by atoms with Crippen LogP contribution in [0.4, 0.5) is 0 Å². The van der Waals surface area contributed by atoms with Gasteiger partial charge in [0.25, 0.3) is 0 Å². The molecule has 3 heteroatoms. The molecule has 0 bridgehead atoms. The molecule has 2 aromatic carbocycles. The molecule has 0 aromatic heterocycles. The normalized spacial score (nSPS) is 19.6. The standard InChI is InChI=1S/C12H10.C9H13.C8H16N.C2H7Si.Ti/c1-3-7-11(8-4-1)12-9-5-2-6-10-12;1-6-5-7(2)9(4)8(6)3;9-8-6-4-2-1-3-5-7-8;1-3-2;/h1-10H;6H,1-4H3;8-9H,1-7H2;3H,1-2H3;/q;;-1;;+1. The van der Waals surface area contributed by atoms with E-state index in [9.17, 15) is 0 Å². The number of rotatable bonds is 5. The van der Waals surface area contributed by atoms with E-state index in [4.69, 9.17) is 0 Å². The predicted molar refractivity (Wildman–Crippen MR) is 150 cm³/mol. The minimum atomic E-state index is -1.26. The van der Waals surface area contributed by atoms with Crippen LogP contribution >= 0.6 is 0 Å². The van der Waals surface area contributed by atoms with Crippen LogP contribution in [-0.4, -0.2) is 12.7 Å². The summed E-state index contributed by atoms with van der Waals surface area (Å²) in [5, 5.41) is 0. The summed E-state index contributed by atoms with van der Waals surface area (Å²) < 4.78 is 6.21. The molecule has 34 heavy (non-hydrogen) atoms. The SMILES string of the molecule is CC1=C(C)C(C)[C]([Ti]([NH]C2CCCCCCC2)[SiH](C)C)=C1C.c1ccc(-c2ccccc2)cc1. The minimum Gasteiger partial charge on any atom is -0.0622 e. The smallest absolute Gasteiger partial charge is 0.0184 e. The summed E-state index contributed by atoms with van der Waals surface area (Å²) in [7, 11) is 0. The maximum atomic E-state index is 4.31. The van der Waals surface area contributed by atoms with Crippen molar-refractivity contribution >= 4 is 6.66 Å². The molecular formula is C31H46NSiTi. The van der Waals surface area contributed by atoms with Gasteiger partial charge in [-0.1, -0.05) is 60.7 Å². The van der Waals surface area contributed by atoms with E-state index in [1.165, 1.54) is 56.1 Å². The van der Waals surface area contributed by atoms with Gasteiger partial charge in [0.05, 0.1) is 0 Å². The van der Waals surface area contributed by atoms with E-state index < -0.39 is 24.0 Å². The Morgan fingerprint density at radius 2 is 1.18 bits per heavy atom. The van der Waals surface area contributed by atoms with Crippen molar-refractivity contribution in [1.29, 1.82) is 0 Å². The Morgan fingerprint density at radius 1 is 0.706 bits per heavy atom. The molecule has 2 aromatic rings. The van der Waals surface area contributed by atoms with Crippen molar-refractivity contribution in [1.82, 2.24) is 3.80 Å². The summed E-state index contributed by atoms with van der Waals surface area (Å²) in [6.07, 6.45) is 10.2. The van der Waals surface area contributed by atoms with Gasteiger partial charge in [-0.05, 0) is 11.1 Å². The molecule has 0 spiro atoms. The molecule has 1 fully saturated rings. The molecular weight excluding hydrogens is 462 g/mol. The van der Waals surface area contributed by atoms with Crippen molar-refractivity contribution in [3.05, 3.63) is 81.3 Å². The second-order valence-corrected chi connectivity index (χ2v) is 23.2. The summed E-state index contributed by atoms with van der Waals surface area (Å²) in [5.41, 5.74) is 7.46. The zero-order valence-electron chi connectivity index (χ0n) is 22.5. The second-order valence-electron chi connectivity index (χ2n) is 10.6. The van der Waals surface area contributed by atoms with E-state index in [1.54, 1.807) is 16.7 Å². The van der Waals surface area contributed by atoms with Crippen LogP contribution in [0.1, 0.15) is 72.6 Å². The third kappa shape index (κ3) is 7.40. The van der Waals surface area contributed by atoms with Crippen molar-refractivity contribution in [2.45, 2.75) is 91.8 Å². The van der Waals surface area contributed by atoms with Crippen LogP contribution in [0.15, 0.2) is 81.3 Å². The Labute approximate surface area is 217 Å². The molecule has 0 saturated heterocycles. The first-order valence-corrected chi connectivity index (χ1v) is 20.7. The number of benzene rings is 2. The van der Waals surface area contributed by atoms with Crippen LogP contribution in [0, 0.1) is 5.92 Å². The fourth-order valence-electron chi connectivity index (χ4n) is 5.44. The molecule has 183 valence electrons. The van der Waals surface area contributed by atoms with Gasteiger partial charge >= 0.3 is 146 Å². The third-order valence-corrected chi connectivity index (χ3v) is 19.7. The maximum absolute atomic E-state index is 4.31. The van der Waals surface area contributed by atoms with Crippen molar-refractivity contribution in [2.24, 2.45) is 5.92 Å². The van der Waals surface area contributed by atoms with Crippen LogP contribution in [0.5, 0.6) is 0 Å². The summed E-state index contributed by atoms with van der Waals surface area (Å²) >= 11 is -1.26. The van der Waals surface area contributed by atoms with Crippen molar-refractivity contribution in [2.75, 3.05) is 0 Å². The van der Waals surface area contributed by atoms with Crippen LogP contribution in [0.2, 0.25) is 13.1 Å². The van der Waals surface area contributed by atoms with E-state index in [0.29, 0.717) is 0 Å². The van der Waals surface area contributed by atoms with Crippen molar-refractivity contribution in [3.8, 4) is 11.1 Å². The topological polar surface area (TPSA) is 12.0 Å². The molecule has 0 aliphatic heterocycles. The Balaban J connectivity index is 0.000000226. The average molecular weight is 509 g/mol. The summed E-state index contributed by atoms with van der Waals surface area (Å²) in [4.78, 5) is 0. The summed E-state index contributed by atoms with van der Waals surface area (Å²) in [6, 6.07) is 21.6. The predicted octanol–water partition coefficient (Wildman–Crippen LogP) is 8.82. The van der Waals surface area contributed by atoms with Gasteiger partial charge in [-0.3, -0.25) is 0 Å². The van der Waals surface area contributed by atoms with Gasteiger partial charge in [0, 0.05) is 0 Å². The molecule has 0 heterocycles. The van der Waals surface area contributed by atoms with Crippen LogP contribution in [-0.2, 0) is 17.4 Å². The van der Waals surface area contributed by atoms with Crippen molar-refractivity contribution in [3.63, 3.8) is 0 Å². The van der Waals surface area contributed by atoms with E-state index in [1.807, 2.05) is 16.0 Å². The van der Waals surface area contributed by atoms with E-state index in [2.05, 4.69) is 93.1 Å². The molecule has 1 saturated carbocycles. The largest absolute Gasteiger partial charge is 0.0622 e. The summed E-state index contributed by atoms with van der Waals surface area (Å²) in [5.74, 6) is 0.728. The molecule has 1 nitrogen and oxygen atoms in total. The first-order valence-electron chi connectivity index (χ1n) is 13.5. The molecule has 0 radical (unpaired) electrons. The maximum Gasteiger partial charge on any atom is -0.0184 e. The number of allylic oxidation sites excluding steroid dienone is 4. The van der Waals surface area contributed by atoms with Gasteiger partial charge in [-0.2, -0.15) is 0 Å². The summed E-state index contributed by atoms with van der Waals surface area (Å²) in [6.45, 7) is 14.2. The zero-order chi connectivity index (χ0) is 24.5. The van der Waals surface area contributed by atoms with Gasteiger partial charge in [-0.15, -0.1) is 0 Å². The van der Waals surface area contributed by atoms with Crippen LogP contribution in [0.3, 0.4) is 0 Å². The minimum absolute atomic E-state index is 0.596. The van der Waals surface area contributed by atoms with Gasteiger partial charge in [0.1, 0.15) is 0 Å². The number of hydrogen-bond donors (Lipinski definition) is 1. The molecule has 2 aliphatic rings. The molecule has 1 atom stereocenters. The number of nitrogens with one attached hydrogen (secondary N) is 1. The van der Waals surface area contributed by atoms with E-state index in [-0.39, 0.29) is 0 Å².